The standard InChI is InChI=1S/C19H4BF15O2/c1-19(17(34)13(32)8(27)14(33)18(19)35)20(36-15-9(28)4(23)2(21)5(24)10(15)29)37-16-11(30)6(25)3(22)7(26)12(16)31/h17H,1H3. The zero-order valence-electron chi connectivity index (χ0n) is 17.1. The smallest absolute Gasteiger partial charge is 0.521 e. The summed E-state index contributed by atoms with van der Waals surface area (Å²) in [4.78, 5) is 0. The predicted octanol–water partition coefficient (Wildman–Crippen LogP) is 7.44. The second-order valence-corrected chi connectivity index (χ2v) is 7.30. The Morgan fingerprint density at radius 2 is 0.811 bits per heavy atom. The van der Waals surface area contributed by atoms with Crippen molar-refractivity contribution in [1.29, 1.82) is 0 Å². The highest BCUT2D eigenvalue weighted by Crippen LogP contribution is 2.55. The van der Waals surface area contributed by atoms with E-state index in [1.807, 2.05) is 0 Å². The van der Waals surface area contributed by atoms with E-state index in [0.29, 0.717) is 0 Å². The normalized spacial score (nSPS) is 20.1. The Morgan fingerprint density at radius 1 is 0.514 bits per heavy atom. The van der Waals surface area contributed by atoms with Crippen LogP contribution in [0.3, 0.4) is 0 Å². The SMILES string of the molecule is CC1(B(Oc2c(F)c(F)c(F)c(F)c2F)Oc2c(F)c(F)c(F)c(F)c2F)C(F)=C(F)C(F)=C(F)C1F. The Balaban J connectivity index is 2.32. The van der Waals surface area contributed by atoms with E-state index in [4.69, 9.17) is 0 Å². The van der Waals surface area contributed by atoms with E-state index in [9.17, 15) is 65.9 Å². The van der Waals surface area contributed by atoms with Crippen LogP contribution in [0.2, 0.25) is 5.31 Å². The molecule has 0 heterocycles. The van der Waals surface area contributed by atoms with Crippen molar-refractivity contribution in [3.05, 3.63) is 81.5 Å². The third-order valence-corrected chi connectivity index (χ3v) is 5.10. The van der Waals surface area contributed by atoms with Gasteiger partial charge in [0, 0.05) is 0 Å². The Morgan fingerprint density at radius 3 is 1.14 bits per heavy atom. The first-order valence-electron chi connectivity index (χ1n) is 9.11. The molecule has 2 aromatic rings. The maximum atomic E-state index is 14.7. The Kier molecular flexibility index (Phi) is 7.17. The molecule has 0 fully saturated rings. The molecule has 0 bridgehead atoms. The van der Waals surface area contributed by atoms with Crippen LogP contribution in [-0.4, -0.2) is 13.3 Å². The lowest BCUT2D eigenvalue weighted by atomic mass is 9.53. The summed E-state index contributed by atoms with van der Waals surface area (Å²) in [6, 6.07) is 0. The third-order valence-electron chi connectivity index (χ3n) is 5.10. The molecule has 0 radical (unpaired) electrons. The molecule has 0 saturated heterocycles. The zero-order chi connectivity index (χ0) is 28.3. The molecule has 1 aliphatic rings. The maximum absolute atomic E-state index is 14.7. The van der Waals surface area contributed by atoms with Crippen LogP contribution in [0.5, 0.6) is 11.5 Å². The molecule has 0 N–H and O–H groups in total. The van der Waals surface area contributed by atoms with Gasteiger partial charge in [-0.25, -0.2) is 48.3 Å². The van der Waals surface area contributed by atoms with Gasteiger partial charge in [0.1, 0.15) is 11.1 Å². The van der Waals surface area contributed by atoms with Gasteiger partial charge in [0.05, 0.1) is 0 Å². The number of hydrogen-bond donors (Lipinski definition) is 0. The molecule has 0 aliphatic heterocycles. The van der Waals surface area contributed by atoms with Crippen molar-refractivity contribution < 1.29 is 75.2 Å². The van der Waals surface area contributed by atoms with Crippen molar-refractivity contribution >= 4 is 7.12 Å². The number of halogens is 15. The van der Waals surface area contributed by atoms with Crippen LogP contribution < -0.4 is 9.31 Å². The number of alkyl halides is 1. The summed E-state index contributed by atoms with van der Waals surface area (Å²) in [5, 5.41) is -4.01. The van der Waals surface area contributed by atoms with E-state index in [1.54, 1.807) is 0 Å². The summed E-state index contributed by atoms with van der Waals surface area (Å²) < 4.78 is 216. The van der Waals surface area contributed by atoms with Crippen LogP contribution in [0, 0.1) is 58.2 Å². The Bertz CT molecular complexity index is 1240. The Hall–Kier alpha value is -3.47. The molecule has 0 aromatic heterocycles. The zero-order valence-corrected chi connectivity index (χ0v) is 17.1. The highest BCUT2D eigenvalue weighted by molar-refractivity contribution is 6.52. The molecule has 2 aromatic carbocycles. The van der Waals surface area contributed by atoms with Crippen molar-refractivity contribution in [2.45, 2.75) is 18.4 Å². The second kappa shape index (κ2) is 9.44. The summed E-state index contributed by atoms with van der Waals surface area (Å²) in [5.74, 6) is -45.0. The molecule has 2 nitrogen and oxygen atoms in total. The molecular weight excluding hydrogens is 556 g/mol. The number of allylic oxidation sites excluding steroid dienone is 4. The van der Waals surface area contributed by atoms with Crippen molar-refractivity contribution in [2.24, 2.45) is 0 Å². The minimum atomic E-state index is -4.01. The first kappa shape index (κ1) is 28.1. The van der Waals surface area contributed by atoms with Gasteiger partial charge in [0.25, 0.3) is 0 Å². The quantitative estimate of drug-likeness (QED) is 0.164. The molecule has 2 atom stereocenters. The third kappa shape index (κ3) is 4.05. The predicted molar refractivity (Wildman–Crippen MR) is 91.2 cm³/mol. The molecule has 200 valence electrons. The summed E-state index contributed by atoms with van der Waals surface area (Å²) in [6.45, 7) is -0.0681. The van der Waals surface area contributed by atoms with Crippen molar-refractivity contribution in [3.63, 3.8) is 0 Å². The van der Waals surface area contributed by atoms with Gasteiger partial charge >= 0.3 is 7.12 Å². The summed E-state index contributed by atoms with van der Waals surface area (Å²) in [7, 11) is -3.76. The van der Waals surface area contributed by atoms with Crippen LogP contribution in [0.15, 0.2) is 23.3 Å². The van der Waals surface area contributed by atoms with E-state index >= 15 is 0 Å². The molecule has 37 heavy (non-hydrogen) atoms. The van der Waals surface area contributed by atoms with E-state index in [0.717, 1.165) is 0 Å². The summed E-state index contributed by atoms with van der Waals surface area (Å²) in [6.07, 6.45) is -3.90. The van der Waals surface area contributed by atoms with Gasteiger partial charge in [-0.2, -0.15) is 17.6 Å². The fourth-order valence-corrected chi connectivity index (χ4v) is 3.01. The summed E-state index contributed by atoms with van der Waals surface area (Å²) >= 11 is 0. The molecular formula is C19H4BF15O2. The minimum absolute atomic E-state index is 0.0681. The van der Waals surface area contributed by atoms with E-state index in [-0.39, 0.29) is 6.92 Å². The maximum Gasteiger partial charge on any atom is 0.612 e. The molecule has 0 amide bonds. The summed E-state index contributed by atoms with van der Waals surface area (Å²) in [5.41, 5.74) is 0. The van der Waals surface area contributed by atoms with E-state index in [1.165, 1.54) is 0 Å². The van der Waals surface area contributed by atoms with Gasteiger partial charge < -0.3 is 9.31 Å². The topological polar surface area (TPSA) is 18.5 Å². The van der Waals surface area contributed by atoms with Gasteiger partial charge in [0.2, 0.25) is 58.2 Å². The van der Waals surface area contributed by atoms with Crippen LogP contribution >= 0.6 is 0 Å². The average molecular weight is 560 g/mol. The second-order valence-electron chi connectivity index (χ2n) is 7.30. The van der Waals surface area contributed by atoms with Gasteiger partial charge in [0.15, 0.2) is 35.2 Å². The molecule has 0 spiro atoms. The first-order chi connectivity index (χ1) is 17.0. The van der Waals surface area contributed by atoms with Gasteiger partial charge in [-0.05, 0) is 6.92 Å². The van der Waals surface area contributed by atoms with Crippen molar-refractivity contribution in [3.8, 4) is 11.5 Å². The van der Waals surface area contributed by atoms with Crippen molar-refractivity contribution in [1.82, 2.24) is 0 Å². The fourth-order valence-electron chi connectivity index (χ4n) is 3.01. The van der Waals surface area contributed by atoms with Crippen molar-refractivity contribution in [2.75, 3.05) is 0 Å². The molecule has 18 heteroatoms. The van der Waals surface area contributed by atoms with Crippen LogP contribution in [0.4, 0.5) is 65.9 Å². The van der Waals surface area contributed by atoms with Crippen LogP contribution in [0.25, 0.3) is 0 Å². The van der Waals surface area contributed by atoms with Crippen LogP contribution in [0.1, 0.15) is 6.92 Å². The number of benzene rings is 2. The number of hydrogen-bond acceptors (Lipinski definition) is 2. The van der Waals surface area contributed by atoms with Gasteiger partial charge in [-0.1, -0.05) is 0 Å². The molecule has 2 unspecified atom stereocenters. The highest BCUT2D eigenvalue weighted by Gasteiger charge is 2.63. The van der Waals surface area contributed by atoms with Crippen LogP contribution in [-0.2, 0) is 0 Å². The van der Waals surface area contributed by atoms with Gasteiger partial charge in [-0.3, -0.25) is 0 Å². The average Bonchev–Trinajstić information content (AvgIpc) is 2.88. The van der Waals surface area contributed by atoms with Gasteiger partial charge in [-0.15, -0.1) is 0 Å². The highest BCUT2D eigenvalue weighted by atomic mass is 19.2. The molecule has 0 saturated carbocycles. The lowest BCUT2D eigenvalue weighted by molar-refractivity contribution is 0.191. The first-order valence-corrected chi connectivity index (χ1v) is 9.11. The lowest BCUT2D eigenvalue weighted by Gasteiger charge is -2.36. The Labute approximate surface area is 194 Å². The molecule has 3 rings (SSSR count). The van der Waals surface area contributed by atoms with E-state index < -0.39 is 112 Å². The fraction of sp³-hybridized carbons (Fsp3) is 0.158. The van der Waals surface area contributed by atoms with E-state index in [2.05, 4.69) is 9.31 Å². The lowest BCUT2D eigenvalue weighted by Crippen LogP contribution is -2.50. The largest absolute Gasteiger partial charge is 0.612 e. The number of rotatable bonds is 5. The monoisotopic (exact) mass is 560 g/mol. The minimum Gasteiger partial charge on any atom is -0.521 e. The molecule has 1 aliphatic carbocycles.